The number of nitrogens with one attached hydrogen (secondary N) is 1. The number of carbonyl (C=O) groups excluding carboxylic acids is 2. The molecule has 0 radical (unpaired) electrons. The van der Waals surface area contributed by atoms with Crippen LogP contribution in [0.25, 0.3) is 0 Å². The summed E-state index contributed by atoms with van der Waals surface area (Å²) in [6, 6.07) is 7.84. The first-order valence-corrected chi connectivity index (χ1v) is 6.24. The molecule has 6 nitrogen and oxygen atoms in total. The molecule has 0 fully saturated rings. The summed E-state index contributed by atoms with van der Waals surface area (Å²) in [5.41, 5.74) is 0.789. The molecule has 1 aromatic carbocycles. The van der Waals surface area contributed by atoms with Crippen LogP contribution in [0.2, 0.25) is 0 Å². The predicted octanol–water partition coefficient (Wildman–Crippen LogP) is 1.10. The van der Waals surface area contributed by atoms with Crippen molar-refractivity contribution in [2.24, 2.45) is 0 Å². The van der Waals surface area contributed by atoms with E-state index in [1.807, 2.05) is 6.07 Å². The number of carboxylic acids is 1. The zero-order chi connectivity index (χ0) is 15.0. The molecule has 1 atom stereocenters. The maximum atomic E-state index is 11.8. The molecule has 0 saturated carbocycles. The number of carboxylic acid groups (broad SMARTS) is 1. The zero-order valence-electron chi connectivity index (χ0n) is 11.2. The Hall–Kier alpha value is -2.37. The Kier molecular flexibility index (Phi) is 6.22. The molecule has 0 aromatic heterocycles. The van der Waals surface area contributed by atoms with Crippen molar-refractivity contribution < 1.29 is 24.2 Å². The maximum Gasteiger partial charge on any atom is 0.329 e. The number of amides is 1. The third-order valence-corrected chi connectivity index (χ3v) is 2.54. The number of rotatable bonds is 7. The highest BCUT2D eigenvalue weighted by Gasteiger charge is 2.24. The van der Waals surface area contributed by atoms with Crippen molar-refractivity contribution in [2.75, 3.05) is 0 Å². The minimum atomic E-state index is -1.18. The highest BCUT2D eigenvalue weighted by Crippen LogP contribution is 2.04. The molecular weight excluding hydrogens is 262 g/mol. The van der Waals surface area contributed by atoms with Crippen LogP contribution in [0.15, 0.2) is 30.3 Å². The lowest BCUT2D eigenvalue weighted by Gasteiger charge is -2.15. The molecule has 0 aliphatic carbocycles. The van der Waals surface area contributed by atoms with E-state index in [0.717, 1.165) is 5.56 Å². The smallest absolute Gasteiger partial charge is 0.329 e. The summed E-state index contributed by atoms with van der Waals surface area (Å²) >= 11 is 0. The predicted molar refractivity (Wildman–Crippen MR) is 70.7 cm³/mol. The Labute approximate surface area is 116 Å². The summed E-state index contributed by atoms with van der Waals surface area (Å²) in [6.45, 7) is 1.65. The van der Waals surface area contributed by atoms with Crippen LogP contribution < -0.4 is 5.32 Å². The monoisotopic (exact) mass is 279 g/mol. The van der Waals surface area contributed by atoms with Crippen LogP contribution in [0.5, 0.6) is 0 Å². The second-order valence-electron chi connectivity index (χ2n) is 4.16. The number of hydrogen-bond acceptors (Lipinski definition) is 4. The van der Waals surface area contributed by atoms with Gasteiger partial charge < -0.3 is 15.2 Å². The second kappa shape index (κ2) is 7.93. The molecule has 0 spiro atoms. The standard InChI is InChI=1S/C14H17NO5/c1-2-12(16)15-11(8-13(17)18)14(19)20-9-10-6-4-3-5-7-10/h3-7,11H,2,8-9H2,1H3,(H,15,16)(H,17,18)/t11-/m0/s1. The molecule has 0 bridgehead atoms. The fraction of sp³-hybridized carbons (Fsp3) is 0.357. The van der Waals surface area contributed by atoms with Crippen LogP contribution in [-0.2, 0) is 25.7 Å². The van der Waals surface area contributed by atoms with E-state index >= 15 is 0 Å². The van der Waals surface area contributed by atoms with Gasteiger partial charge >= 0.3 is 11.9 Å². The van der Waals surface area contributed by atoms with Gasteiger partial charge in [-0.05, 0) is 5.56 Å². The topological polar surface area (TPSA) is 92.7 Å². The van der Waals surface area contributed by atoms with Crippen molar-refractivity contribution in [1.29, 1.82) is 0 Å². The number of hydrogen-bond donors (Lipinski definition) is 2. The quantitative estimate of drug-likeness (QED) is 0.729. The third-order valence-electron chi connectivity index (χ3n) is 2.54. The summed E-state index contributed by atoms with van der Waals surface area (Å²) in [5, 5.41) is 11.1. The second-order valence-corrected chi connectivity index (χ2v) is 4.16. The van der Waals surface area contributed by atoms with Crippen LogP contribution in [0.3, 0.4) is 0 Å². The Morgan fingerprint density at radius 3 is 2.45 bits per heavy atom. The highest BCUT2D eigenvalue weighted by atomic mass is 16.5. The molecule has 6 heteroatoms. The Morgan fingerprint density at radius 2 is 1.90 bits per heavy atom. The average molecular weight is 279 g/mol. The fourth-order valence-corrected chi connectivity index (χ4v) is 1.49. The van der Waals surface area contributed by atoms with Crippen LogP contribution in [-0.4, -0.2) is 29.0 Å². The van der Waals surface area contributed by atoms with E-state index in [1.165, 1.54) is 0 Å². The van der Waals surface area contributed by atoms with Gasteiger partial charge in [0, 0.05) is 6.42 Å². The van der Waals surface area contributed by atoms with Gasteiger partial charge in [-0.2, -0.15) is 0 Å². The van der Waals surface area contributed by atoms with E-state index in [4.69, 9.17) is 9.84 Å². The van der Waals surface area contributed by atoms with Gasteiger partial charge in [0.25, 0.3) is 0 Å². The lowest BCUT2D eigenvalue weighted by Crippen LogP contribution is -2.42. The van der Waals surface area contributed by atoms with E-state index in [-0.39, 0.29) is 13.0 Å². The summed E-state index contributed by atoms with van der Waals surface area (Å²) in [4.78, 5) is 33.8. The first-order valence-electron chi connectivity index (χ1n) is 6.24. The first-order chi connectivity index (χ1) is 9.52. The molecular formula is C14H17NO5. The van der Waals surface area contributed by atoms with E-state index in [2.05, 4.69) is 5.32 Å². The lowest BCUT2D eigenvalue weighted by atomic mass is 10.2. The van der Waals surface area contributed by atoms with Crippen LogP contribution in [0.1, 0.15) is 25.3 Å². The molecule has 1 amide bonds. The highest BCUT2D eigenvalue weighted by molar-refractivity contribution is 5.87. The number of ether oxygens (including phenoxy) is 1. The number of carbonyl (C=O) groups is 3. The molecule has 0 heterocycles. The van der Waals surface area contributed by atoms with Gasteiger partial charge in [0.2, 0.25) is 5.91 Å². The van der Waals surface area contributed by atoms with Crippen molar-refractivity contribution in [3.05, 3.63) is 35.9 Å². The minimum absolute atomic E-state index is 0.0395. The molecule has 2 N–H and O–H groups in total. The minimum Gasteiger partial charge on any atom is -0.481 e. The fourth-order valence-electron chi connectivity index (χ4n) is 1.49. The van der Waals surface area contributed by atoms with Crippen molar-refractivity contribution in [2.45, 2.75) is 32.4 Å². The normalized spacial score (nSPS) is 11.4. The average Bonchev–Trinajstić information content (AvgIpc) is 2.44. The van der Waals surface area contributed by atoms with Crippen LogP contribution in [0, 0.1) is 0 Å². The van der Waals surface area contributed by atoms with E-state index in [0.29, 0.717) is 0 Å². The number of esters is 1. The van der Waals surface area contributed by atoms with Gasteiger partial charge in [-0.25, -0.2) is 4.79 Å². The summed E-state index contributed by atoms with van der Waals surface area (Å²) in [6.07, 6.45) is -0.332. The van der Waals surface area contributed by atoms with Crippen LogP contribution in [0.4, 0.5) is 0 Å². The van der Waals surface area contributed by atoms with Gasteiger partial charge in [-0.15, -0.1) is 0 Å². The van der Waals surface area contributed by atoms with E-state index in [9.17, 15) is 14.4 Å². The molecule has 0 saturated heterocycles. The van der Waals surface area contributed by atoms with Gasteiger partial charge in [0.15, 0.2) is 0 Å². The molecule has 1 rings (SSSR count). The van der Waals surface area contributed by atoms with Gasteiger partial charge in [0.05, 0.1) is 6.42 Å². The number of benzene rings is 1. The van der Waals surface area contributed by atoms with Crippen molar-refractivity contribution in [1.82, 2.24) is 5.32 Å². The Balaban J connectivity index is 2.58. The van der Waals surface area contributed by atoms with Crippen molar-refractivity contribution >= 4 is 17.8 Å². The Bertz CT molecular complexity index is 472. The van der Waals surface area contributed by atoms with Crippen molar-refractivity contribution in [3.63, 3.8) is 0 Å². The molecule has 0 aliphatic rings. The molecule has 0 unspecified atom stereocenters. The van der Waals surface area contributed by atoms with Gasteiger partial charge in [-0.1, -0.05) is 37.3 Å². The molecule has 1 aromatic rings. The first kappa shape index (κ1) is 15.7. The largest absolute Gasteiger partial charge is 0.481 e. The SMILES string of the molecule is CCC(=O)N[C@@H](CC(=O)O)C(=O)OCc1ccccc1. The maximum absolute atomic E-state index is 11.8. The number of aliphatic carboxylic acids is 1. The summed E-state index contributed by atoms with van der Waals surface area (Å²) in [7, 11) is 0. The molecule has 20 heavy (non-hydrogen) atoms. The van der Waals surface area contributed by atoms with Crippen molar-refractivity contribution in [3.8, 4) is 0 Å². The zero-order valence-corrected chi connectivity index (χ0v) is 11.2. The van der Waals surface area contributed by atoms with Gasteiger partial charge in [-0.3, -0.25) is 9.59 Å². The van der Waals surface area contributed by atoms with Crippen LogP contribution >= 0.6 is 0 Å². The van der Waals surface area contributed by atoms with E-state index < -0.39 is 30.3 Å². The molecule has 0 aliphatic heterocycles. The summed E-state index contributed by atoms with van der Waals surface area (Å²) in [5.74, 6) is -2.32. The van der Waals surface area contributed by atoms with E-state index in [1.54, 1.807) is 31.2 Å². The summed E-state index contributed by atoms with van der Waals surface area (Å²) < 4.78 is 5.02. The lowest BCUT2D eigenvalue weighted by molar-refractivity contribution is -0.152. The van der Waals surface area contributed by atoms with Gasteiger partial charge in [0.1, 0.15) is 12.6 Å². The molecule has 108 valence electrons. The Morgan fingerprint density at radius 1 is 1.25 bits per heavy atom. The third kappa shape index (κ3) is 5.51.